The highest BCUT2D eigenvalue weighted by Crippen LogP contribution is 2.26. The fraction of sp³-hybridized carbons (Fsp3) is 0.300. The molecule has 0 aliphatic heterocycles. The van der Waals surface area contributed by atoms with Gasteiger partial charge in [-0.2, -0.15) is 0 Å². The molecule has 0 radical (unpaired) electrons. The maximum absolute atomic E-state index is 13.8. The minimum absolute atomic E-state index is 0.127. The molecule has 1 rings (SSSR count). The Labute approximate surface area is 109 Å². The number of rotatable bonds is 4. The second-order valence-corrected chi connectivity index (χ2v) is 7.96. The van der Waals surface area contributed by atoms with E-state index in [4.69, 9.17) is 5.11 Å². The summed E-state index contributed by atoms with van der Waals surface area (Å²) >= 11 is 0. The van der Waals surface area contributed by atoms with E-state index in [1.54, 1.807) is 0 Å². The first-order valence-corrected chi connectivity index (χ1v) is 8.65. The van der Waals surface area contributed by atoms with Gasteiger partial charge in [-0.25, -0.2) is 21.2 Å². The number of benzene rings is 1. The SMILES string of the molecule is CS(=O)(=O)c1cc(CC(=O)O)cc(F)c1S(C)(=O)=O. The number of carboxylic acid groups (broad SMARTS) is 1. The summed E-state index contributed by atoms with van der Waals surface area (Å²) in [4.78, 5) is 8.86. The lowest BCUT2D eigenvalue weighted by molar-refractivity contribution is -0.136. The van der Waals surface area contributed by atoms with E-state index in [1.807, 2.05) is 0 Å². The van der Waals surface area contributed by atoms with Crippen LogP contribution in [0.15, 0.2) is 21.9 Å². The van der Waals surface area contributed by atoms with Crippen LogP contribution in [0.5, 0.6) is 0 Å². The number of halogens is 1. The van der Waals surface area contributed by atoms with E-state index in [2.05, 4.69) is 0 Å². The van der Waals surface area contributed by atoms with Gasteiger partial charge in [-0.05, 0) is 17.7 Å². The van der Waals surface area contributed by atoms with E-state index in [0.717, 1.165) is 12.3 Å². The molecule has 0 saturated carbocycles. The smallest absolute Gasteiger partial charge is 0.307 e. The van der Waals surface area contributed by atoms with Crippen molar-refractivity contribution >= 4 is 25.6 Å². The first kappa shape index (κ1) is 15.6. The third-order valence-corrected chi connectivity index (χ3v) is 4.60. The second kappa shape index (κ2) is 4.89. The molecule has 0 heterocycles. The summed E-state index contributed by atoms with van der Waals surface area (Å²) in [6.45, 7) is 0. The highest BCUT2D eigenvalue weighted by atomic mass is 32.2. The Balaban J connectivity index is 3.73. The van der Waals surface area contributed by atoms with E-state index in [9.17, 15) is 26.0 Å². The summed E-state index contributed by atoms with van der Waals surface area (Å²) in [5, 5.41) is 8.59. The van der Waals surface area contributed by atoms with Gasteiger partial charge >= 0.3 is 5.97 Å². The summed E-state index contributed by atoms with van der Waals surface area (Å²) < 4.78 is 59.6. The van der Waals surface area contributed by atoms with Crippen LogP contribution in [0.3, 0.4) is 0 Å². The van der Waals surface area contributed by atoms with Crippen LogP contribution in [0.25, 0.3) is 0 Å². The van der Waals surface area contributed by atoms with Gasteiger partial charge in [-0.3, -0.25) is 4.79 Å². The number of carbonyl (C=O) groups is 1. The predicted octanol–water partition coefficient (Wildman–Crippen LogP) is 0.260. The molecule has 0 bridgehead atoms. The zero-order valence-corrected chi connectivity index (χ0v) is 11.7. The molecule has 9 heteroatoms. The van der Waals surface area contributed by atoms with Crippen LogP contribution in [-0.2, 0) is 30.9 Å². The average molecular weight is 310 g/mol. The second-order valence-electron chi connectivity index (χ2n) is 4.02. The van der Waals surface area contributed by atoms with Gasteiger partial charge in [0, 0.05) is 12.5 Å². The fourth-order valence-corrected chi connectivity index (χ4v) is 4.08. The third-order valence-electron chi connectivity index (χ3n) is 2.19. The van der Waals surface area contributed by atoms with Crippen molar-refractivity contribution in [1.29, 1.82) is 0 Å². The quantitative estimate of drug-likeness (QED) is 0.855. The largest absolute Gasteiger partial charge is 0.481 e. The predicted molar refractivity (Wildman–Crippen MR) is 64.0 cm³/mol. The molecule has 0 aliphatic carbocycles. The molecule has 0 amide bonds. The number of hydrogen-bond donors (Lipinski definition) is 1. The van der Waals surface area contributed by atoms with Crippen molar-refractivity contribution in [3.63, 3.8) is 0 Å². The van der Waals surface area contributed by atoms with Crippen molar-refractivity contribution in [1.82, 2.24) is 0 Å². The molecule has 0 spiro atoms. The Kier molecular flexibility index (Phi) is 4.01. The van der Waals surface area contributed by atoms with Crippen LogP contribution in [0, 0.1) is 5.82 Å². The minimum Gasteiger partial charge on any atom is -0.481 e. The Morgan fingerprint density at radius 1 is 1.16 bits per heavy atom. The first-order chi connectivity index (χ1) is 8.43. The topological polar surface area (TPSA) is 106 Å². The van der Waals surface area contributed by atoms with E-state index < -0.39 is 47.7 Å². The molecule has 0 aromatic heterocycles. The molecule has 1 N–H and O–H groups in total. The normalized spacial score (nSPS) is 12.4. The van der Waals surface area contributed by atoms with E-state index in [0.29, 0.717) is 12.3 Å². The number of carboxylic acids is 1. The van der Waals surface area contributed by atoms with Gasteiger partial charge in [-0.1, -0.05) is 0 Å². The molecule has 19 heavy (non-hydrogen) atoms. The maximum atomic E-state index is 13.8. The zero-order chi connectivity index (χ0) is 15.0. The summed E-state index contributed by atoms with van der Waals surface area (Å²) in [5.41, 5.74) is -0.127. The molecule has 0 unspecified atom stereocenters. The summed E-state index contributed by atoms with van der Waals surface area (Å²) in [7, 11) is -8.10. The van der Waals surface area contributed by atoms with Gasteiger partial charge in [0.15, 0.2) is 19.7 Å². The molecular weight excluding hydrogens is 299 g/mol. The van der Waals surface area contributed by atoms with Gasteiger partial charge in [0.25, 0.3) is 0 Å². The van der Waals surface area contributed by atoms with Crippen molar-refractivity contribution < 1.29 is 31.1 Å². The van der Waals surface area contributed by atoms with Gasteiger partial charge in [0.2, 0.25) is 0 Å². The van der Waals surface area contributed by atoms with Crippen LogP contribution < -0.4 is 0 Å². The Hall–Kier alpha value is -1.48. The molecular formula is C10H11FO6S2. The lowest BCUT2D eigenvalue weighted by atomic mass is 10.1. The summed E-state index contributed by atoms with van der Waals surface area (Å²) in [6, 6.07) is 1.57. The Bertz CT molecular complexity index is 734. The average Bonchev–Trinajstić information content (AvgIpc) is 2.11. The fourth-order valence-electron chi connectivity index (χ4n) is 1.53. The lowest BCUT2D eigenvalue weighted by Crippen LogP contribution is -2.12. The lowest BCUT2D eigenvalue weighted by Gasteiger charge is -2.09. The monoisotopic (exact) mass is 310 g/mol. The van der Waals surface area contributed by atoms with Crippen LogP contribution in [0.1, 0.15) is 5.56 Å². The number of sulfone groups is 2. The maximum Gasteiger partial charge on any atom is 0.307 e. The minimum atomic E-state index is -4.09. The van der Waals surface area contributed by atoms with E-state index >= 15 is 0 Å². The van der Waals surface area contributed by atoms with Crippen LogP contribution in [-0.4, -0.2) is 40.4 Å². The molecule has 1 aromatic carbocycles. The highest BCUT2D eigenvalue weighted by molar-refractivity contribution is 7.93. The zero-order valence-electron chi connectivity index (χ0n) is 10.0. The van der Waals surface area contributed by atoms with Crippen LogP contribution in [0.2, 0.25) is 0 Å². The molecule has 0 atom stereocenters. The summed E-state index contributed by atoms with van der Waals surface area (Å²) in [5.74, 6) is -2.56. The van der Waals surface area contributed by atoms with Gasteiger partial charge in [-0.15, -0.1) is 0 Å². The van der Waals surface area contributed by atoms with E-state index in [-0.39, 0.29) is 5.56 Å². The molecule has 1 aromatic rings. The number of hydrogen-bond acceptors (Lipinski definition) is 5. The molecule has 0 saturated heterocycles. The first-order valence-electron chi connectivity index (χ1n) is 4.87. The van der Waals surface area contributed by atoms with Crippen LogP contribution in [0.4, 0.5) is 4.39 Å². The van der Waals surface area contributed by atoms with Crippen molar-refractivity contribution in [3.05, 3.63) is 23.5 Å². The molecule has 106 valence electrons. The van der Waals surface area contributed by atoms with Crippen molar-refractivity contribution in [2.24, 2.45) is 0 Å². The van der Waals surface area contributed by atoms with Gasteiger partial charge < -0.3 is 5.11 Å². The molecule has 0 fully saturated rings. The Morgan fingerprint density at radius 2 is 1.68 bits per heavy atom. The highest BCUT2D eigenvalue weighted by Gasteiger charge is 2.26. The van der Waals surface area contributed by atoms with Crippen molar-refractivity contribution in [3.8, 4) is 0 Å². The van der Waals surface area contributed by atoms with Gasteiger partial charge in [0.05, 0.1) is 11.3 Å². The third kappa shape index (κ3) is 3.74. The standard InChI is InChI=1S/C10H11FO6S2/c1-18(14,15)8-4-6(5-9(12)13)3-7(11)10(8)19(2,16)17/h3-4H,5H2,1-2H3,(H,12,13). The molecule has 6 nitrogen and oxygen atoms in total. The number of aliphatic carboxylic acids is 1. The van der Waals surface area contributed by atoms with Crippen molar-refractivity contribution in [2.75, 3.05) is 12.5 Å². The van der Waals surface area contributed by atoms with Gasteiger partial charge in [0.1, 0.15) is 10.7 Å². The summed E-state index contributed by atoms with van der Waals surface area (Å²) in [6.07, 6.45) is 0.793. The Morgan fingerprint density at radius 3 is 2.05 bits per heavy atom. The van der Waals surface area contributed by atoms with E-state index in [1.165, 1.54) is 0 Å². The van der Waals surface area contributed by atoms with Crippen molar-refractivity contribution in [2.45, 2.75) is 16.2 Å². The molecule has 0 aliphatic rings. The van der Waals surface area contributed by atoms with Crippen LogP contribution >= 0.6 is 0 Å².